The van der Waals surface area contributed by atoms with Crippen LogP contribution in [0.2, 0.25) is 0 Å². The maximum Gasteiger partial charge on any atom is 0.280 e. The maximum atomic E-state index is 13.0. The number of ether oxygens (including phenoxy) is 1. The average molecular weight is 455 g/mol. The van der Waals surface area contributed by atoms with Gasteiger partial charge in [0.15, 0.2) is 4.80 Å². The third kappa shape index (κ3) is 3.81. The van der Waals surface area contributed by atoms with Crippen LogP contribution in [0.3, 0.4) is 0 Å². The Labute approximate surface area is 175 Å². The first-order valence-corrected chi connectivity index (χ1v) is 10.7. The van der Waals surface area contributed by atoms with Gasteiger partial charge in [-0.05, 0) is 42.0 Å². The van der Waals surface area contributed by atoms with Crippen molar-refractivity contribution in [2.45, 2.75) is 13.5 Å². The van der Waals surface area contributed by atoms with Crippen LogP contribution in [0, 0.1) is 0 Å². The van der Waals surface area contributed by atoms with E-state index in [1.807, 2.05) is 61.5 Å². The van der Waals surface area contributed by atoms with Gasteiger partial charge in [-0.2, -0.15) is 4.99 Å². The molecule has 0 N–H and O–H groups in total. The van der Waals surface area contributed by atoms with Crippen molar-refractivity contribution in [2.75, 3.05) is 13.2 Å². The Bertz CT molecular complexity index is 1220. The van der Waals surface area contributed by atoms with Crippen molar-refractivity contribution >= 4 is 54.2 Å². The fourth-order valence-electron chi connectivity index (χ4n) is 3.21. The molecule has 6 heteroatoms. The summed E-state index contributed by atoms with van der Waals surface area (Å²) >= 11 is 5.03. The molecule has 1 amide bonds. The molecule has 142 valence electrons. The molecule has 0 aliphatic carbocycles. The SMILES string of the molecule is CCOCCn1c(=NC(=O)c2cccc3ccccc23)sc2cc(Br)ccc21. The lowest BCUT2D eigenvalue weighted by atomic mass is 10.0. The van der Waals surface area contributed by atoms with Gasteiger partial charge >= 0.3 is 0 Å². The van der Waals surface area contributed by atoms with Crippen LogP contribution in [0.1, 0.15) is 17.3 Å². The predicted octanol–water partition coefficient (Wildman–Crippen LogP) is 5.40. The van der Waals surface area contributed by atoms with Gasteiger partial charge < -0.3 is 9.30 Å². The monoisotopic (exact) mass is 454 g/mol. The van der Waals surface area contributed by atoms with Gasteiger partial charge in [-0.25, -0.2) is 0 Å². The smallest absolute Gasteiger partial charge is 0.280 e. The lowest BCUT2D eigenvalue weighted by Gasteiger charge is -2.06. The topological polar surface area (TPSA) is 43.6 Å². The number of thiazole rings is 1. The lowest BCUT2D eigenvalue weighted by Crippen LogP contribution is -2.19. The maximum absolute atomic E-state index is 13.0. The average Bonchev–Trinajstić information content (AvgIpc) is 3.03. The van der Waals surface area contributed by atoms with E-state index in [0.717, 1.165) is 25.5 Å². The number of halogens is 1. The highest BCUT2D eigenvalue weighted by atomic mass is 79.9. The van der Waals surface area contributed by atoms with Gasteiger partial charge in [0, 0.05) is 23.2 Å². The molecule has 0 radical (unpaired) electrons. The summed E-state index contributed by atoms with van der Waals surface area (Å²) in [5.74, 6) is -0.229. The molecule has 0 spiro atoms. The quantitative estimate of drug-likeness (QED) is 0.379. The summed E-state index contributed by atoms with van der Waals surface area (Å²) in [6.07, 6.45) is 0. The van der Waals surface area contributed by atoms with Crippen molar-refractivity contribution in [3.8, 4) is 0 Å². The predicted molar refractivity (Wildman–Crippen MR) is 118 cm³/mol. The Balaban J connectivity index is 1.83. The minimum atomic E-state index is -0.229. The van der Waals surface area contributed by atoms with E-state index in [2.05, 4.69) is 31.6 Å². The van der Waals surface area contributed by atoms with Crippen LogP contribution in [0.15, 0.2) is 70.1 Å². The van der Waals surface area contributed by atoms with Gasteiger partial charge in [0.05, 0.1) is 16.8 Å². The van der Waals surface area contributed by atoms with Crippen LogP contribution >= 0.6 is 27.3 Å². The molecule has 0 saturated heterocycles. The van der Waals surface area contributed by atoms with Gasteiger partial charge in [0.1, 0.15) is 0 Å². The lowest BCUT2D eigenvalue weighted by molar-refractivity contribution is 0.0998. The molecule has 4 nitrogen and oxygen atoms in total. The second-order valence-corrected chi connectivity index (χ2v) is 8.21. The number of hydrogen-bond acceptors (Lipinski definition) is 3. The van der Waals surface area contributed by atoms with Crippen molar-refractivity contribution in [3.05, 3.63) is 75.5 Å². The summed E-state index contributed by atoms with van der Waals surface area (Å²) in [7, 11) is 0. The van der Waals surface area contributed by atoms with Gasteiger partial charge in [-0.15, -0.1) is 0 Å². The highest BCUT2D eigenvalue weighted by Crippen LogP contribution is 2.23. The summed E-state index contributed by atoms with van der Waals surface area (Å²) < 4.78 is 9.67. The van der Waals surface area contributed by atoms with E-state index in [-0.39, 0.29) is 5.91 Å². The molecule has 4 aromatic rings. The number of carbonyl (C=O) groups excluding carboxylic acids is 1. The number of rotatable bonds is 5. The number of benzene rings is 3. The van der Waals surface area contributed by atoms with E-state index in [4.69, 9.17) is 4.74 Å². The molecule has 0 atom stereocenters. The van der Waals surface area contributed by atoms with Crippen LogP contribution in [0.25, 0.3) is 21.0 Å². The van der Waals surface area contributed by atoms with Crippen molar-refractivity contribution in [1.82, 2.24) is 4.57 Å². The summed E-state index contributed by atoms with van der Waals surface area (Å²) in [6.45, 7) is 3.86. The molecule has 3 aromatic carbocycles. The van der Waals surface area contributed by atoms with E-state index >= 15 is 0 Å². The zero-order chi connectivity index (χ0) is 19.5. The van der Waals surface area contributed by atoms with Crippen LogP contribution in [-0.2, 0) is 11.3 Å². The first kappa shape index (κ1) is 19.1. The Morgan fingerprint density at radius 1 is 1.14 bits per heavy atom. The summed E-state index contributed by atoms with van der Waals surface area (Å²) in [5.41, 5.74) is 1.67. The zero-order valence-corrected chi connectivity index (χ0v) is 17.8. The number of fused-ring (bicyclic) bond motifs is 2. The number of nitrogens with zero attached hydrogens (tertiary/aromatic N) is 2. The van der Waals surface area contributed by atoms with Crippen molar-refractivity contribution in [1.29, 1.82) is 0 Å². The molecule has 4 rings (SSSR count). The second kappa shape index (κ2) is 8.39. The Hall–Kier alpha value is -2.28. The molecule has 0 aliphatic rings. The molecule has 0 unspecified atom stereocenters. The normalized spacial score (nSPS) is 12.1. The van der Waals surface area contributed by atoms with Crippen molar-refractivity contribution < 1.29 is 9.53 Å². The standard InChI is InChI=1S/C22H19BrN2O2S/c1-2-27-13-12-25-19-11-10-16(23)14-20(19)28-22(25)24-21(26)18-9-5-7-15-6-3-4-8-17(15)18/h3-11,14H,2,12-13H2,1H3. The molecule has 0 aliphatic heterocycles. The Morgan fingerprint density at radius 2 is 1.96 bits per heavy atom. The van der Waals surface area contributed by atoms with Gasteiger partial charge in [0.2, 0.25) is 0 Å². The number of carbonyl (C=O) groups is 1. The summed E-state index contributed by atoms with van der Waals surface area (Å²) in [6, 6.07) is 19.7. The van der Waals surface area contributed by atoms with Gasteiger partial charge in [-0.1, -0.05) is 63.7 Å². The first-order chi connectivity index (χ1) is 13.7. The van der Waals surface area contributed by atoms with E-state index in [0.29, 0.717) is 30.1 Å². The fourth-order valence-corrected chi connectivity index (χ4v) is 4.81. The number of amides is 1. The minimum absolute atomic E-state index is 0.229. The summed E-state index contributed by atoms with van der Waals surface area (Å²) in [5, 5.41) is 1.96. The minimum Gasteiger partial charge on any atom is -0.380 e. The van der Waals surface area contributed by atoms with E-state index < -0.39 is 0 Å². The van der Waals surface area contributed by atoms with Crippen LogP contribution in [0.5, 0.6) is 0 Å². The molecule has 1 aromatic heterocycles. The number of aromatic nitrogens is 1. The Morgan fingerprint density at radius 3 is 2.82 bits per heavy atom. The largest absolute Gasteiger partial charge is 0.380 e. The Kier molecular flexibility index (Phi) is 5.71. The van der Waals surface area contributed by atoms with E-state index in [9.17, 15) is 4.79 Å². The molecular formula is C22H19BrN2O2S. The van der Waals surface area contributed by atoms with Crippen LogP contribution in [-0.4, -0.2) is 23.7 Å². The molecule has 0 bridgehead atoms. The third-order valence-corrected chi connectivity index (χ3v) is 6.06. The second-order valence-electron chi connectivity index (χ2n) is 6.29. The molecule has 0 fully saturated rings. The van der Waals surface area contributed by atoms with Crippen molar-refractivity contribution in [2.24, 2.45) is 4.99 Å². The highest BCUT2D eigenvalue weighted by molar-refractivity contribution is 9.10. The first-order valence-electron chi connectivity index (χ1n) is 9.11. The molecule has 28 heavy (non-hydrogen) atoms. The molecule has 0 saturated carbocycles. The third-order valence-electron chi connectivity index (χ3n) is 4.53. The summed E-state index contributed by atoms with van der Waals surface area (Å²) in [4.78, 5) is 18.2. The number of hydrogen-bond donors (Lipinski definition) is 0. The molecular weight excluding hydrogens is 436 g/mol. The van der Waals surface area contributed by atoms with E-state index in [1.54, 1.807) is 0 Å². The molecule has 1 heterocycles. The van der Waals surface area contributed by atoms with Crippen LogP contribution < -0.4 is 4.80 Å². The fraction of sp³-hybridized carbons (Fsp3) is 0.182. The van der Waals surface area contributed by atoms with E-state index in [1.165, 1.54) is 11.3 Å². The highest BCUT2D eigenvalue weighted by Gasteiger charge is 2.12. The van der Waals surface area contributed by atoms with Gasteiger partial charge in [0.25, 0.3) is 5.91 Å². The van der Waals surface area contributed by atoms with Gasteiger partial charge in [-0.3, -0.25) is 4.79 Å². The van der Waals surface area contributed by atoms with Crippen molar-refractivity contribution in [3.63, 3.8) is 0 Å². The zero-order valence-electron chi connectivity index (χ0n) is 15.4. The van der Waals surface area contributed by atoms with Crippen LogP contribution in [0.4, 0.5) is 0 Å².